The van der Waals surface area contributed by atoms with Crippen LogP contribution in [0.15, 0.2) is 18.5 Å². The zero-order valence-corrected chi connectivity index (χ0v) is 13.7. The van der Waals surface area contributed by atoms with Crippen LogP contribution >= 0.6 is 11.6 Å². The molecule has 138 valence electrons. The van der Waals surface area contributed by atoms with E-state index in [4.69, 9.17) is 22.1 Å². The topological polar surface area (TPSA) is 66.0 Å². The summed E-state index contributed by atoms with van der Waals surface area (Å²) < 4.78 is 75.3. The van der Waals surface area contributed by atoms with E-state index in [0.717, 1.165) is 6.33 Å². The Labute approximate surface area is 144 Å². The van der Waals surface area contributed by atoms with Crippen LogP contribution in [0.1, 0.15) is 18.9 Å². The smallest absolute Gasteiger partial charge is 0.417 e. The second-order valence-corrected chi connectivity index (χ2v) is 5.60. The number of alkyl halides is 3. The lowest BCUT2D eigenvalue weighted by molar-refractivity contribution is -0.199. The van der Waals surface area contributed by atoms with E-state index >= 15 is 0 Å². The molecule has 1 heterocycles. The number of aromatic nitrogens is 3. The van der Waals surface area contributed by atoms with Gasteiger partial charge in [-0.05, 0) is 31.5 Å². The quantitative estimate of drug-likeness (QED) is 0.613. The van der Waals surface area contributed by atoms with Gasteiger partial charge in [-0.15, -0.1) is 0 Å². The first-order chi connectivity index (χ1) is 11.6. The van der Waals surface area contributed by atoms with Crippen LogP contribution in [-0.4, -0.2) is 34.1 Å². The Bertz CT molecular complexity index is 728. The van der Waals surface area contributed by atoms with Gasteiger partial charge < -0.3 is 10.5 Å². The summed E-state index contributed by atoms with van der Waals surface area (Å²) in [6.07, 6.45) is -3.94. The lowest BCUT2D eigenvalue weighted by Gasteiger charge is -2.33. The fourth-order valence-corrected chi connectivity index (χ4v) is 2.52. The molecule has 0 aliphatic carbocycles. The molecule has 5 nitrogen and oxygen atoms in total. The maximum absolute atomic E-state index is 14.4. The Morgan fingerprint density at radius 3 is 2.28 bits per heavy atom. The van der Waals surface area contributed by atoms with Gasteiger partial charge in [0, 0.05) is 12.1 Å². The average molecular weight is 385 g/mol. The molecule has 0 aliphatic rings. The van der Waals surface area contributed by atoms with E-state index in [9.17, 15) is 22.0 Å². The van der Waals surface area contributed by atoms with Gasteiger partial charge in [0.1, 0.15) is 23.7 Å². The van der Waals surface area contributed by atoms with E-state index in [2.05, 4.69) is 10.1 Å². The van der Waals surface area contributed by atoms with Crippen LogP contribution in [0.3, 0.4) is 0 Å². The summed E-state index contributed by atoms with van der Waals surface area (Å²) in [7, 11) is 0. The summed E-state index contributed by atoms with van der Waals surface area (Å²) in [5.74, 6) is -3.15. The van der Waals surface area contributed by atoms with Crippen LogP contribution in [0.25, 0.3) is 0 Å². The van der Waals surface area contributed by atoms with Crippen LogP contribution < -0.4 is 10.5 Å². The van der Waals surface area contributed by atoms with Gasteiger partial charge in [-0.25, -0.2) is 18.4 Å². The summed E-state index contributed by atoms with van der Waals surface area (Å²) >= 11 is 5.61. The van der Waals surface area contributed by atoms with E-state index in [1.54, 1.807) is 0 Å². The van der Waals surface area contributed by atoms with Gasteiger partial charge in [-0.3, -0.25) is 0 Å². The van der Waals surface area contributed by atoms with E-state index in [0.29, 0.717) is 32.0 Å². The highest BCUT2D eigenvalue weighted by Gasteiger charge is 2.58. The second kappa shape index (κ2) is 7.12. The molecule has 0 fully saturated rings. The molecule has 2 rings (SSSR count). The van der Waals surface area contributed by atoms with Gasteiger partial charge >= 0.3 is 6.18 Å². The summed E-state index contributed by atoms with van der Waals surface area (Å²) in [6.45, 7) is 0.921. The fourth-order valence-electron chi connectivity index (χ4n) is 2.27. The molecule has 0 aliphatic heterocycles. The van der Waals surface area contributed by atoms with Crippen LogP contribution in [-0.2, 0) is 5.54 Å². The predicted octanol–water partition coefficient (Wildman–Crippen LogP) is 3.26. The number of halogens is 6. The lowest BCUT2D eigenvalue weighted by atomic mass is 9.90. The SMILES string of the molecule is C[C@](c1c(F)cc(OCCCN)cc1F)(n1ncnc1Cl)C(F)(F)F. The van der Waals surface area contributed by atoms with Gasteiger partial charge in [-0.1, -0.05) is 0 Å². The Morgan fingerprint density at radius 2 is 1.84 bits per heavy atom. The van der Waals surface area contributed by atoms with Crippen LogP contribution in [0, 0.1) is 11.6 Å². The maximum Gasteiger partial charge on any atom is 0.417 e. The molecule has 0 saturated heterocycles. The van der Waals surface area contributed by atoms with E-state index < -0.39 is 34.2 Å². The first kappa shape index (κ1) is 19.4. The number of nitrogens with zero attached hydrogens (tertiary/aromatic N) is 3. The van der Waals surface area contributed by atoms with Gasteiger partial charge in [0.25, 0.3) is 0 Å². The van der Waals surface area contributed by atoms with Crippen molar-refractivity contribution in [3.05, 3.63) is 40.9 Å². The number of rotatable bonds is 6. The largest absolute Gasteiger partial charge is 0.493 e. The standard InChI is InChI=1S/C14H14ClF5N4O/c1-13(14(18,19)20,24-12(15)22-7-23-24)11-9(16)5-8(6-10(11)17)25-4-2-3-21/h5-7H,2-4,21H2,1H3/t13-/m1/s1. The summed E-state index contributed by atoms with van der Waals surface area (Å²) in [5.41, 5.74) is 0.800. The molecule has 25 heavy (non-hydrogen) atoms. The first-order valence-corrected chi connectivity index (χ1v) is 7.45. The van der Waals surface area contributed by atoms with Crippen LogP contribution in [0.2, 0.25) is 5.28 Å². The van der Waals surface area contributed by atoms with Crippen LogP contribution in [0.4, 0.5) is 22.0 Å². The number of nitrogens with two attached hydrogens (primary N) is 1. The Kier molecular flexibility index (Phi) is 5.52. The highest BCUT2D eigenvalue weighted by Crippen LogP contribution is 2.45. The van der Waals surface area contributed by atoms with Crippen LogP contribution in [0.5, 0.6) is 5.75 Å². The normalized spacial score (nSPS) is 14.4. The van der Waals surface area contributed by atoms with Crippen molar-refractivity contribution in [3.63, 3.8) is 0 Å². The molecule has 1 aromatic carbocycles. The molecule has 0 saturated carbocycles. The van der Waals surface area contributed by atoms with Crippen molar-refractivity contribution in [1.82, 2.24) is 14.8 Å². The molecule has 0 amide bonds. The van der Waals surface area contributed by atoms with E-state index in [-0.39, 0.29) is 17.0 Å². The molecule has 2 N–H and O–H groups in total. The zero-order valence-electron chi connectivity index (χ0n) is 12.9. The summed E-state index contributed by atoms with van der Waals surface area (Å²) in [4.78, 5) is 3.38. The molecule has 1 aromatic heterocycles. The lowest BCUT2D eigenvalue weighted by Crippen LogP contribution is -2.48. The third kappa shape index (κ3) is 3.54. The minimum Gasteiger partial charge on any atom is -0.493 e. The molecular formula is C14H14ClF5N4O. The van der Waals surface area contributed by atoms with E-state index in [1.165, 1.54) is 0 Å². The molecule has 0 spiro atoms. The predicted molar refractivity (Wildman–Crippen MR) is 79.4 cm³/mol. The molecular weight excluding hydrogens is 371 g/mol. The molecule has 11 heteroatoms. The minimum atomic E-state index is -5.12. The van der Waals surface area contributed by atoms with E-state index in [1.807, 2.05) is 0 Å². The Hall–Kier alpha value is -1.94. The average Bonchev–Trinajstić information content (AvgIpc) is 2.92. The van der Waals surface area contributed by atoms with Gasteiger partial charge in [0.2, 0.25) is 5.28 Å². The van der Waals surface area contributed by atoms with Crippen molar-refractivity contribution in [2.45, 2.75) is 25.1 Å². The van der Waals surface area contributed by atoms with Crippen molar-refractivity contribution < 1.29 is 26.7 Å². The zero-order chi connectivity index (χ0) is 18.8. The van der Waals surface area contributed by atoms with Gasteiger partial charge in [0.05, 0.1) is 12.2 Å². The number of hydrogen-bond donors (Lipinski definition) is 1. The van der Waals surface area contributed by atoms with Crippen molar-refractivity contribution in [2.24, 2.45) is 5.73 Å². The molecule has 1 atom stereocenters. The van der Waals surface area contributed by atoms with Gasteiger partial charge in [-0.2, -0.15) is 18.3 Å². The first-order valence-electron chi connectivity index (χ1n) is 7.08. The molecule has 0 bridgehead atoms. The van der Waals surface area contributed by atoms with Gasteiger partial charge in [0.15, 0.2) is 5.54 Å². The monoisotopic (exact) mass is 384 g/mol. The number of hydrogen-bond acceptors (Lipinski definition) is 4. The fraction of sp³-hybridized carbons (Fsp3) is 0.429. The summed E-state index contributed by atoms with van der Waals surface area (Å²) in [6, 6.07) is 1.34. The summed E-state index contributed by atoms with van der Waals surface area (Å²) in [5, 5.41) is 2.71. The van der Waals surface area contributed by atoms with Crippen molar-refractivity contribution >= 4 is 11.6 Å². The van der Waals surface area contributed by atoms with Crippen molar-refractivity contribution in [1.29, 1.82) is 0 Å². The Morgan fingerprint density at radius 1 is 1.24 bits per heavy atom. The molecule has 0 unspecified atom stereocenters. The highest BCUT2D eigenvalue weighted by atomic mass is 35.5. The Balaban J connectivity index is 2.58. The number of benzene rings is 1. The highest BCUT2D eigenvalue weighted by molar-refractivity contribution is 6.28. The second-order valence-electron chi connectivity index (χ2n) is 5.26. The maximum atomic E-state index is 14.4. The third-order valence-corrected chi connectivity index (χ3v) is 3.86. The van der Waals surface area contributed by atoms with Crippen molar-refractivity contribution in [2.75, 3.05) is 13.2 Å². The number of ether oxygens (including phenoxy) is 1. The third-order valence-electron chi connectivity index (χ3n) is 3.60. The minimum absolute atomic E-state index is 0.0696. The van der Waals surface area contributed by atoms with Crippen molar-refractivity contribution in [3.8, 4) is 5.75 Å². The molecule has 2 aromatic rings. The molecule has 0 radical (unpaired) electrons.